The molecule has 0 aliphatic rings. The Morgan fingerprint density at radius 3 is 2.75 bits per heavy atom. The van der Waals surface area contributed by atoms with E-state index in [0.717, 1.165) is 23.3 Å². The normalized spacial score (nSPS) is 11.7. The first kappa shape index (κ1) is 17.9. The van der Waals surface area contributed by atoms with Crippen LogP contribution in [0.1, 0.15) is 18.1 Å². The van der Waals surface area contributed by atoms with E-state index in [1.807, 2.05) is 30.3 Å². The number of halogens is 1. The Hall–Kier alpha value is -2.46. The number of benzene rings is 1. The lowest BCUT2D eigenvalue weighted by molar-refractivity contribution is -0.112. The fourth-order valence-electron chi connectivity index (χ4n) is 2.07. The molecule has 1 aromatic heterocycles. The van der Waals surface area contributed by atoms with Crippen LogP contribution in [0.3, 0.4) is 0 Å². The van der Waals surface area contributed by atoms with Gasteiger partial charge < -0.3 is 4.74 Å². The van der Waals surface area contributed by atoms with E-state index in [-0.39, 0.29) is 5.78 Å². The summed E-state index contributed by atoms with van der Waals surface area (Å²) in [7, 11) is 1.59. The SMILES string of the molecule is COc1ccc(CCN=C(/C=C\C(C)=O)c2cccc(Cl)c2)cn1. The van der Waals surface area contributed by atoms with Gasteiger partial charge >= 0.3 is 0 Å². The smallest absolute Gasteiger partial charge is 0.212 e. The molecule has 0 saturated carbocycles. The minimum absolute atomic E-state index is 0.0240. The lowest BCUT2D eigenvalue weighted by atomic mass is 10.1. The summed E-state index contributed by atoms with van der Waals surface area (Å²) in [5, 5.41) is 0.635. The van der Waals surface area contributed by atoms with Crippen molar-refractivity contribution in [3.8, 4) is 5.88 Å². The predicted molar refractivity (Wildman–Crippen MR) is 97.2 cm³/mol. The third-order valence-electron chi connectivity index (χ3n) is 3.29. The van der Waals surface area contributed by atoms with Crippen LogP contribution in [0, 0.1) is 0 Å². The Kier molecular flexibility index (Phi) is 6.70. The molecule has 2 aromatic rings. The molecule has 0 atom stereocenters. The summed E-state index contributed by atoms with van der Waals surface area (Å²) < 4.78 is 5.04. The quantitative estimate of drug-likeness (QED) is 0.566. The van der Waals surface area contributed by atoms with E-state index in [1.165, 1.54) is 13.0 Å². The van der Waals surface area contributed by atoms with Crippen molar-refractivity contribution in [2.24, 2.45) is 4.99 Å². The van der Waals surface area contributed by atoms with Crippen molar-refractivity contribution in [2.75, 3.05) is 13.7 Å². The van der Waals surface area contributed by atoms with Crippen molar-refractivity contribution < 1.29 is 9.53 Å². The zero-order valence-electron chi connectivity index (χ0n) is 13.7. The highest BCUT2D eigenvalue weighted by Crippen LogP contribution is 2.13. The number of allylic oxidation sites excluding steroid dienone is 2. The molecule has 1 heterocycles. The molecule has 0 amide bonds. The number of aliphatic imine (C=N–C) groups is 1. The van der Waals surface area contributed by atoms with E-state index < -0.39 is 0 Å². The van der Waals surface area contributed by atoms with Crippen molar-refractivity contribution in [2.45, 2.75) is 13.3 Å². The van der Waals surface area contributed by atoms with Gasteiger partial charge in [-0.15, -0.1) is 0 Å². The standard InChI is InChI=1S/C19H19ClN2O2/c1-14(23)6-8-18(16-4-3-5-17(20)12-16)21-11-10-15-7-9-19(24-2)22-13-15/h3-9,12-13H,10-11H2,1-2H3/b8-6-,21-18?. The molecule has 0 fully saturated rings. The predicted octanol–water partition coefficient (Wildman–Crippen LogP) is 3.92. The van der Waals surface area contributed by atoms with Crippen LogP contribution in [0.5, 0.6) is 5.88 Å². The Bertz CT molecular complexity index is 752. The summed E-state index contributed by atoms with van der Waals surface area (Å²) in [6, 6.07) is 11.2. The average Bonchev–Trinajstić information content (AvgIpc) is 2.58. The zero-order chi connectivity index (χ0) is 17.4. The van der Waals surface area contributed by atoms with Gasteiger partial charge in [0.15, 0.2) is 5.78 Å². The summed E-state index contributed by atoms with van der Waals surface area (Å²) in [6.45, 7) is 2.09. The van der Waals surface area contributed by atoms with Crippen molar-refractivity contribution in [3.63, 3.8) is 0 Å². The van der Waals surface area contributed by atoms with Gasteiger partial charge in [-0.1, -0.05) is 29.8 Å². The summed E-state index contributed by atoms with van der Waals surface area (Å²) in [5.74, 6) is 0.565. The summed E-state index contributed by atoms with van der Waals surface area (Å²) in [4.78, 5) is 20.0. The maximum Gasteiger partial charge on any atom is 0.212 e. The van der Waals surface area contributed by atoms with E-state index in [4.69, 9.17) is 16.3 Å². The molecule has 4 nitrogen and oxygen atoms in total. The largest absolute Gasteiger partial charge is 0.481 e. The van der Waals surface area contributed by atoms with Crippen LogP contribution in [-0.4, -0.2) is 30.1 Å². The second-order valence-electron chi connectivity index (χ2n) is 5.18. The lowest BCUT2D eigenvalue weighted by Gasteiger charge is -2.04. The Labute approximate surface area is 146 Å². The number of rotatable bonds is 7. The van der Waals surface area contributed by atoms with Gasteiger partial charge in [0.25, 0.3) is 0 Å². The second-order valence-corrected chi connectivity index (χ2v) is 5.62. The second kappa shape index (κ2) is 8.99. The molecule has 0 saturated heterocycles. The van der Waals surface area contributed by atoms with Gasteiger partial charge in [-0.05, 0) is 43.2 Å². The van der Waals surface area contributed by atoms with Gasteiger partial charge in [0.05, 0.1) is 12.8 Å². The molecule has 24 heavy (non-hydrogen) atoms. The van der Waals surface area contributed by atoms with Gasteiger partial charge in [0, 0.05) is 29.4 Å². The number of ether oxygens (including phenoxy) is 1. The maximum absolute atomic E-state index is 11.2. The summed E-state index contributed by atoms with van der Waals surface area (Å²) in [5.41, 5.74) is 2.68. The number of carbonyl (C=O) groups excluding carboxylic acids is 1. The molecule has 1 aromatic carbocycles. The Morgan fingerprint density at radius 1 is 1.29 bits per heavy atom. The minimum Gasteiger partial charge on any atom is -0.481 e. The van der Waals surface area contributed by atoms with Crippen molar-refractivity contribution in [1.29, 1.82) is 0 Å². The van der Waals surface area contributed by atoms with Gasteiger partial charge in [-0.2, -0.15) is 0 Å². The number of carbonyl (C=O) groups is 1. The maximum atomic E-state index is 11.2. The molecule has 2 rings (SSSR count). The van der Waals surface area contributed by atoms with Crippen LogP contribution >= 0.6 is 11.6 Å². The number of hydrogen-bond acceptors (Lipinski definition) is 4. The third kappa shape index (κ3) is 5.63. The topological polar surface area (TPSA) is 51.5 Å². The molecular formula is C19H19ClN2O2. The van der Waals surface area contributed by atoms with E-state index in [1.54, 1.807) is 25.4 Å². The highest BCUT2D eigenvalue weighted by molar-refractivity contribution is 6.31. The zero-order valence-corrected chi connectivity index (χ0v) is 14.5. The van der Waals surface area contributed by atoms with Crippen LogP contribution in [-0.2, 0) is 11.2 Å². The highest BCUT2D eigenvalue weighted by atomic mass is 35.5. The number of pyridine rings is 1. The van der Waals surface area contributed by atoms with E-state index >= 15 is 0 Å². The minimum atomic E-state index is -0.0240. The molecule has 0 unspecified atom stereocenters. The van der Waals surface area contributed by atoms with Crippen molar-refractivity contribution >= 4 is 23.1 Å². The van der Waals surface area contributed by atoms with Gasteiger partial charge in [-0.25, -0.2) is 4.98 Å². The Morgan fingerprint density at radius 2 is 2.12 bits per heavy atom. The van der Waals surface area contributed by atoms with Gasteiger partial charge in [-0.3, -0.25) is 9.79 Å². The van der Waals surface area contributed by atoms with E-state index in [2.05, 4.69) is 9.98 Å². The molecule has 0 aliphatic heterocycles. The molecule has 5 heteroatoms. The van der Waals surface area contributed by atoms with Crippen LogP contribution in [0.25, 0.3) is 0 Å². The first-order valence-corrected chi connectivity index (χ1v) is 7.94. The van der Waals surface area contributed by atoms with E-state index in [0.29, 0.717) is 17.4 Å². The van der Waals surface area contributed by atoms with Gasteiger partial charge in [0.1, 0.15) is 0 Å². The number of hydrogen-bond donors (Lipinski definition) is 0. The molecular weight excluding hydrogens is 324 g/mol. The summed E-state index contributed by atoms with van der Waals surface area (Å²) >= 11 is 6.04. The first-order valence-electron chi connectivity index (χ1n) is 7.56. The monoisotopic (exact) mass is 342 g/mol. The number of aromatic nitrogens is 1. The van der Waals surface area contributed by atoms with E-state index in [9.17, 15) is 4.79 Å². The van der Waals surface area contributed by atoms with Crippen molar-refractivity contribution in [3.05, 3.63) is 70.9 Å². The van der Waals surface area contributed by atoms with Crippen LogP contribution in [0.15, 0.2) is 59.7 Å². The fourth-order valence-corrected chi connectivity index (χ4v) is 2.26. The lowest BCUT2D eigenvalue weighted by Crippen LogP contribution is -2.01. The number of ketones is 1. The Balaban J connectivity index is 2.13. The number of nitrogens with zero attached hydrogens (tertiary/aromatic N) is 2. The molecule has 0 bridgehead atoms. The molecule has 124 valence electrons. The number of methoxy groups -OCH3 is 1. The first-order chi connectivity index (χ1) is 11.6. The fraction of sp³-hybridized carbons (Fsp3) is 0.211. The third-order valence-corrected chi connectivity index (χ3v) is 3.52. The van der Waals surface area contributed by atoms with Crippen LogP contribution in [0.2, 0.25) is 5.02 Å². The molecule has 0 aliphatic carbocycles. The average molecular weight is 343 g/mol. The van der Waals surface area contributed by atoms with Gasteiger partial charge in [0.2, 0.25) is 5.88 Å². The van der Waals surface area contributed by atoms with Crippen molar-refractivity contribution in [1.82, 2.24) is 4.98 Å². The van der Waals surface area contributed by atoms with Crippen LogP contribution < -0.4 is 4.74 Å². The molecule has 0 N–H and O–H groups in total. The highest BCUT2D eigenvalue weighted by Gasteiger charge is 2.02. The van der Waals surface area contributed by atoms with Crippen LogP contribution in [0.4, 0.5) is 0 Å². The molecule has 0 spiro atoms. The molecule has 0 radical (unpaired) electrons. The summed E-state index contributed by atoms with van der Waals surface area (Å²) in [6.07, 6.45) is 5.75.